The quantitative estimate of drug-likeness (QED) is 0.168. The van der Waals surface area contributed by atoms with Crippen LogP contribution in [0.4, 0.5) is 0 Å². The maximum atomic E-state index is 13.7. The van der Waals surface area contributed by atoms with Gasteiger partial charge in [-0.1, -0.05) is 51.7 Å². The standard InChI is InChI=1S/C39H38N2O4/c1-5-30-32(7-3)38-36(42)25-37(43)39-33(8-4)31(6-2)35(41-39)20-18-27-14-12-16-29(24-27)45-22-10-9-21-44-28-15-11-13-26(23-28)17-19-34(30)40-38/h9-16,23-25,40-42H,5-8,21-22H2,1-4H3/b10-9-,36-25+. The van der Waals surface area contributed by atoms with E-state index in [2.05, 4.69) is 47.5 Å². The molecule has 1 aliphatic heterocycles. The predicted octanol–water partition coefficient (Wildman–Crippen LogP) is 7.50. The first kappa shape index (κ1) is 31.1. The Bertz CT molecular complexity index is 1900. The minimum absolute atomic E-state index is 0.118. The molecule has 228 valence electrons. The second-order valence-corrected chi connectivity index (χ2v) is 10.6. The van der Waals surface area contributed by atoms with Gasteiger partial charge in [0.25, 0.3) is 0 Å². The Balaban J connectivity index is 1.61. The molecule has 3 N–H and O–H groups in total. The number of carbonyl (C=O) groups excluding carboxylic acids is 1. The lowest BCUT2D eigenvalue weighted by molar-refractivity contribution is 0.104. The summed E-state index contributed by atoms with van der Waals surface area (Å²) < 4.78 is 11.8. The molecule has 5 rings (SSSR count). The zero-order valence-electron chi connectivity index (χ0n) is 26.3. The number of fused-ring (bicyclic) bond motifs is 8. The Hall–Kier alpha value is -5.33. The van der Waals surface area contributed by atoms with Crippen molar-refractivity contribution >= 4 is 11.5 Å². The van der Waals surface area contributed by atoms with Crippen LogP contribution in [0.3, 0.4) is 0 Å². The molecule has 0 saturated carbocycles. The molecule has 0 unspecified atom stereocenters. The Kier molecular flexibility index (Phi) is 9.97. The number of ether oxygens (including phenoxy) is 2. The molecule has 2 aromatic heterocycles. The summed E-state index contributed by atoms with van der Waals surface area (Å²) in [5, 5.41) is 11.3. The molecule has 1 aliphatic rings. The second-order valence-electron chi connectivity index (χ2n) is 10.6. The number of hydrogen-bond donors (Lipinski definition) is 3. The van der Waals surface area contributed by atoms with Crippen molar-refractivity contribution in [3.05, 3.63) is 123 Å². The summed E-state index contributed by atoms with van der Waals surface area (Å²) >= 11 is 0. The molecule has 0 saturated heterocycles. The molecule has 0 radical (unpaired) electrons. The number of rotatable bonds is 4. The largest absolute Gasteiger partial charge is 0.506 e. The van der Waals surface area contributed by atoms with Gasteiger partial charge in [-0.05, 0) is 108 Å². The fourth-order valence-electron chi connectivity index (χ4n) is 5.65. The highest BCUT2D eigenvalue weighted by molar-refractivity contribution is 6.08. The van der Waals surface area contributed by atoms with Crippen molar-refractivity contribution in [1.82, 2.24) is 9.97 Å². The van der Waals surface area contributed by atoms with Gasteiger partial charge in [0.05, 0.1) is 22.8 Å². The number of carbonyl (C=O) groups is 1. The van der Waals surface area contributed by atoms with Crippen LogP contribution in [-0.4, -0.2) is 34.1 Å². The number of nitrogens with one attached hydrogen (secondary N) is 2. The van der Waals surface area contributed by atoms with E-state index in [9.17, 15) is 9.90 Å². The molecule has 0 amide bonds. The van der Waals surface area contributed by atoms with Gasteiger partial charge in [0.1, 0.15) is 30.5 Å². The molecule has 4 aromatic rings. The summed E-state index contributed by atoms with van der Waals surface area (Å²) in [7, 11) is 0. The molecular formula is C39H38N2O4. The molecule has 2 aromatic carbocycles. The van der Waals surface area contributed by atoms with Gasteiger partial charge in [0.15, 0.2) is 0 Å². The van der Waals surface area contributed by atoms with E-state index in [1.807, 2.05) is 74.5 Å². The lowest BCUT2D eigenvalue weighted by atomic mass is 10.0. The number of benzene rings is 2. The minimum Gasteiger partial charge on any atom is -0.506 e. The third-order valence-corrected chi connectivity index (χ3v) is 7.81. The number of aromatic amines is 2. The van der Waals surface area contributed by atoms with Crippen LogP contribution in [-0.2, 0) is 25.7 Å². The van der Waals surface area contributed by atoms with Crippen molar-refractivity contribution in [3.63, 3.8) is 0 Å². The van der Waals surface area contributed by atoms with Crippen LogP contribution < -0.4 is 9.47 Å². The van der Waals surface area contributed by atoms with Gasteiger partial charge >= 0.3 is 0 Å². The first-order valence-electron chi connectivity index (χ1n) is 15.5. The second kappa shape index (κ2) is 14.4. The number of hydrogen-bond acceptors (Lipinski definition) is 4. The van der Waals surface area contributed by atoms with Gasteiger partial charge in [-0.2, -0.15) is 0 Å². The first-order chi connectivity index (χ1) is 21.9. The fourth-order valence-corrected chi connectivity index (χ4v) is 5.65. The molecule has 0 aliphatic carbocycles. The molecule has 0 spiro atoms. The summed E-state index contributed by atoms with van der Waals surface area (Å²) in [6.07, 6.45) is 7.91. The molecule has 0 atom stereocenters. The Morgan fingerprint density at radius 2 is 1.13 bits per heavy atom. The van der Waals surface area contributed by atoms with Crippen molar-refractivity contribution in [2.75, 3.05) is 13.2 Å². The number of aliphatic hydroxyl groups is 1. The third kappa shape index (κ3) is 7.08. The average molecular weight is 599 g/mol. The van der Waals surface area contributed by atoms with Gasteiger partial charge in [-0.15, -0.1) is 0 Å². The Morgan fingerprint density at radius 3 is 1.62 bits per heavy atom. The van der Waals surface area contributed by atoms with Crippen LogP contribution in [0, 0.1) is 23.7 Å². The van der Waals surface area contributed by atoms with Gasteiger partial charge in [0, 0.05) is 17.2 Å². The predicted molar refractivity (Wildman–Crippen MR) is 179 cm³/mol. The van der Waals surface area contributed by atoms with Gasteiger partial charge in [-0.25, -0.2) is 0 Å². The van der Waals surface area contributed by atoms with Crippen LogP contribution in [0.15, 0.2) is 66.8 Å². The highest BCUT2D eigenvalue weighted by atomic mass is 16.5. The average Bonchev–Trinajstić information content (AvgIpc) is 3.61. The summed E-state index contributed by atoms with van der Waals surface area (Å²) in [4.78, 5) is 20.2. The maximum Gasteiger partial charge on any atom is 0.206 e. The molecule has 6 nitrogen and oxygen atoms in total. The van der Waals surface area contributed by atoms with Crippen molar-refractivity contribution < 1.29 is 19.4 Å². The van der Waals surface area contributed by atoms with Crippen molar-refractivity contribution in [1.29, 1.82) is 0 Å². The van der Waals surface area contributed by atoms with Crippen LogP contribution >= 0.6 is 0 Å². The summed E-state index contributed by atoms with van der Waals surface area (Å²) in [6, 6.07) is 15.3. The molecule has 6 heteroatoms. The van der Waals surface area contributed by atoms with Crippen molar-refractivity contribution in [2.24, 2.45) is 0 Å². The normalized spacial score (nSPS) is 15.0. The molecule has 3 heterocycles. The van der Waals surface area contributed by atoms with E-state index in [1.54, 1.807) is 0 Å². The van der Waals surface area contributed by atoms with E-state index in [-0.39, 0.29) is 11.5 Å². The third-order valence-electron chi connectivity index (χ3n) is 7.81. The number of H-pyrrole nitrogens is 2. The zero-order chi connectivity index (χ0) is 31.8. The number of aromatic nitrogens is 2. The summed E-state index contributed by atoms with van der Waals surface area (Å²) in [5.74, 6) is 14.0. The SMILES string of the molecule is CCc1c2[nH]c(c1CC)C(=O)/C=C(/O)c1[nH]c(c(CC)c1CC)C#Cc1cccc(c1)OC/C=C\COc1cccc(c1)C#C2. The number of allylic oxidation sites excluding steroid dienone is 1. The monoisotopic (exact) mass is 598 g/mol. The van der Waals surface area contributed by atoms with Crippen molar-refractivity contribution in [3.8, 4) is 35.2 Å². The highest BCUT2D eigenvalue weighted by Crippen LogP contribution is 2.27. The lowest BCUT2D eigenvalue weighted by Crippen LogP contribution is -2.02. The molecule has 8 bridgehead atoms. The fraction of sp³-hybridized carbons (Fsp3) is 0.256. The summed E-state index contributed by atoms with van der Waals surface area (Å²) in [6.45, 7) is 8.96. The lowest BCUT2D eigenvalue weighted by Gasteiger charge is -2.05. The summed E-state index contributed by atoms with van der Waals surface area (Å²) in [5.41, 5.74) is 7.89. The Labute approximate surface area is 265 Å². The van der Waals surface area contributed by atoms with Crippen molar-refractivity contribution in [2.45, 2.75) is 53.4 Å². The van der Waals surface area contributed by atoms with E-state index in [0.29, 0.717) is 61.1 Å². The zero-order valence-corrected chi connectivity index (χ0v) is 26.3. The van der Waals surface area contributed by atoms with E-state index < -0.39 is 0 Å². The first-order valence-corrected chi connectivity index (χ1v) is 15.5. The van der Waals surface area contributed by atoms with Crippen LogP contribution in [0.5, 0.6) is 11.5 Å². The smallest absolute Gasteiger partial charge is 0.206 e. The van der Waals surface area contributed by atoms with Crippen LogP contribution in [0.25, 0.3) is 5.76 Å². The van der Waals surface area contributed by atoms with Gasteiger partial charge in [-0.3, -0.25) is 4.79 Å². The Morgan fingerprint density at radius 1 is 0.667 bits per heavy atom. The van der Waals surface area contributed by atoms with Crippen LogP contribution in [0.1, 0.15) is 88.6 Å². The van der Waals surface area contributed by atoms with E-state index in [4.69, 9.17) is 9.47 Å². The van der Waals surface area contributed by atoms with E-state index >= 15 is 0 Å². The van der Waals surface area contributed by atoms with Gasteiger partial charge < -0.3 is 24.5 Å². The number of ketones is 1. The maximum absolute atomic E-state index is 13.7. The topological polar surface area (TPSA) is 87.3 Å². The number of aliphatic hydroxyl groups excluding tert-OH is 1. The van der Waals surface area contributed by atoms with Crippen LogP contribution in [0.2, 0.25) is 0 Å². The molecule has 0 fully saturated rings. The molecular weight excluding hydrogens is 560 g/mol. The van der Waals surface area contributed by atoms with E-state index in [1.165, 1.54) is 6.08 Å². The molecule has 45 heavy (non-hydrogen) atoms. The highest BCUT2D eigenvalue weighted by Gasteiger charge is 2.21. The van der Waals surface area contributed by atoms with E-state index in [0.717, 1.165) is 45.5 Å². The van der Waals surface area contributed by atoms with Gasteiger partial charge in [0.2, 0.25) is 5.78 Å². The minimum atomic E-state index is -0.305.